The number of aliphatic hydroxyl groups is 2. The molecule has 5 heteroatoms. The molecule has 3 nitrogen and oxygen atoms in total. The van der Waals surface area contributed by atoms with Gasteiger partial charge in [0.05, 0.1) is 18.8 Å². The van der Waals surface area contributed by atoms with Crippen LogP contribution in [0.2, 0.25) is 5.02 Å². The average molecular weight is 261 g/mol. The summed E-state index contributed by atoms with van der Waals surface area (Å²) in [5, 5.41) is 18.9. The van der Waals surface area contributed by atoms with E-state index in [-0.39, 0.29) is 13.0 Å². The average Bonchev–Trinajstić information content (AvgIpc) is 2.65. The Bertz CT molecular complexity index is 424. The summed E-state index contributed by atoms with van der Waals surface area (Å²) >= 11 is 5.81. The molecular formula is C12H14ClFO3. The highest BCUT2D eigenvalue weighted by molar-refractivity contribution is 6.31. The Labute approximate surface area is 104 Å². The maximum absolute atomic E-state index is 13.7. The molecule has 0 bridgehead atoms. The van der Waals surface area contributed by atoms with Gasteiger partial charge in [-0.2, -0.15) is 0 Å². The lowest BCUT2D eigenvalue weighted by Gasteiger charge is -2.14. The maximum atomic E-state index is 13.7. The van der Waals surface area contributed by atoms with Crippen LogP contribution in [0.4, 0.5) is 4.39 Å². The molecule has 0 amide bonds. The van der Waals surface area contributed by atoms with E-state index in [0.29, 0.717) is 10.6 Å². The van der Waals surface area contributed by atoms with Gasteiger partial charge in [-0.3, -0.25) is 0 Å². The Morgan fingerprint density at radius 1 is 1.53 bits per heavy atom. The lowest BCUT2D eigenvalue weighted by atomic mass is 10.0. The van der Waals surface area contributed by atoms with Crippen LogP contribution in [-0.2, 0) is 4.74 Å². The number of hydrogen-bond donors (Lipinski definition) is 2. The van der Waals surface area contributed by atoms with Gasteiger partial charge in [0.2, 0.25) is 0 Å². The van der Waals surface area contributed by atoms with E-state index in [0.717, 1.165) is 5.56 Å². The third kappa shape index (κ3) is 2.45. The number of hydrogen-bond acceptors (Lipinski definition) is 3. The largest absolute Gasteiger partial charge is 0.394 e. The van der Waals surface area contributed by atoms with Gasteiger partial charge in [0.25, 0.3) is 0 Å². The van der Waals surface area contributed by atoms with Crippen LogP contribution in [0.15, 0.2) is 12.1 Å². The topological polar surface area (TPSA) is 49.7 Å². The first-order valence-corrected chi connectivity index (χ1v) is 5.80. The second-order valence-electron chi connectivity index (χ2n) is 4.27. The second kappa shape index (κ2) is 4.90. The van der Waals surface area contributed by atoms with E-state index in [2.05, 4.69) is 0 Å². The van der Waals surface area contributed by atoms with Crippen LogP contribution < -0.4 is 0 Å². The van der Waals surface area contributed by atoms with Crippen molar-refractivity contribution >= 4 is 11.6 Å². The van der Waals surface area contributed by atoms with Crippen LogP contribution in [-0.4, -0.2) is 29.0 Å². The lowest BCUT2D eigenvalue weighted by molar-refractivity contribution is -0.0233. The summed E-state index contributed by atoms with van der Waals surface area (Å²) in [6.07, 6.45) is -1.66. The standard InChI is InChI=1S/C12H14ClFO3/c1-6-2-7(9(14)3-8(6)13)11-4-10(16)12(5-15)17-11/h2-3,10-12,15-16H,4-5H2,1H3/t10-,11+,12+/m0/s1. The van der Waals surface area contributed by atoms with Crippen molar-refractivity contribution in [1.29, 1.82) is 0 Å². The van der Waals surface area contributed by atoms with Crippen molar-refractivity contribution in [3.8, 4) is 0 Å². The molecule has 0 aliphatic carbocycles. The fourth-order valence-corrected chi connectivity index (χ4v) is 2.17. The zero-order chi connectivity index (χ0) is 12.6. The Morgan fingerprint density at radius 3 is 2.82 bits per heavy atom. The molecule has 0 unspecified atom stereocenters. The summed E-state index contributed by atoms with van der Waals surface area (Å²) in [6.45, 7) is 1.51. The summed E-state index contributed by atoms with van der Waals surface area (Å²) in [5.41, 5.74) is 1.13. The molecule has 17 heavy (non-hydrogen) atoms. The quantitative estimate of drug-likeness (QED) is 0.855. The molecule has 1 aromatic rings. The summed E-state index contributed by atoms with van der Waals surface area (Å²) in [5.74, 6) is -0.448. The van der Waals surface area contributed by atoms with Gasteiger partial charge in [0.15, 0.2) is 0 Å². The molecule has 0 spiro atoms. The molecular weight excluding hydrogens is 247 g/mol. The first kappa shape index (κ1) is 12.8. The van der Waals surface area contributed by atoms with Gasteiger partial charge in [0.1, 0.15) is 11.9 Å². The number of halogens is 2. The number of aryl methyl sites for hydroxylation is 1. The minimum Gasteiger partial charge on any atom is -0.394 e. The van der Waals surface area contributed by atoms with Gasteiger partial charge in [-0.1, -0.05) is 11.6 Å². The van der Waals surface area contributed by atoms with Crippen LogP contribution in [0.1, 0.15) is 23.7 Å². The molecule has 1 aliphatic heterocycles. The van der Waals surface area contributed by atoms with Crippen molar-refractivity contribution in [2.45, 2.75) is 31.7 Å². The molecule has 0 aromatic heterocycles. The van der Waals surface area contributed by atoms with Crippen LogP contribution >= 0.6 is 11.6 Å². The first-order chi connectivity index (χ1) is 8.02. The third-order valence-corrected chi connectivity index (χ3v) is 3.44. The molecule has 1 saturated heterocycles. The molecule has 2 N–H and O–H groups in total. The lowest BCUT2D eigenvalue weighted by Crippen LogP contribution is -2.24. The van der Waals surface area contributed by atoms with Crippen LogP contribution in [0.3, 0.4) is 0 Å². The predicted octanol–water partition coefficient (Wildman–Crippen LogP) is 1.97. The number of ether oxygens (including phenoxy) is 1. The van der Waals surface area contributed by atoms with E-state index in [1.807, 2.05) is 0 Å². The fourth-order valence-electron chi connectivity index (χ4n) is 2.02. The van der Waals surface area contributed by atoms with Crippen molar-refractivity contribution in [2.24, 2.45) is 0 Å². The highest BCUT2D eigenvalue weighted by Gasteiger charge is 2.35. The maximum Gasteiger partial charge on any atom is 0.130 e. The van der Waals surface area contributed by atoms with Gasteiger partial charge in [-0.15, -0.1) is 0 Å². The SMILES string of the molecule is Cc1cc([C@H]2C[C@H](O)[C@@H](CO)O2)c(F)cc1Cl. The first-order valence-electron chi connectivity index (χ1n) is 5.43. The molecule has 2 rings (SSSR count). The molecule has 1 aromatic carbocycles. The predicted molar refractivity (Wildman–Crippen MR) is 61.5 cm³/mol. The van der Waals surface area contributed by atoms with Crippen LogP contribution in [0.5, 0.6) is 0 Å². The van der Waals surface area contributed by atoms with Crippen LogP contribution in [0, 0.1) is 12.7 Å². The number of benzene rings is 1. The molecule has 0 saturated carbocycles. The van der Waals surface area contributed by atoms with E-state index in [9.17, 15) is 9.50 Å². The van der Waals surface area contributed by atoms with E-state index in [4.69, 9.17) is 21.4 Å². The van der Waals surface area contributed by atoms with Crippen molar-refractivity contribution in [3.05, 3.63) is 34.1 Å². The van der Waals surface area contributed by atoms with Gasteiger partial charge < -0.3 is 14.9 Å². The molecule has 3 atom stereocenters. The Hall–Kier alpha value is -0.680. The Kier molecular flexibility index (Phi) is 3.68. The summed E-state index contributed by atoms with van der Waals surface area (Å²) < 4.78 is 19.1. The van der Waals surface area contributed by atoms with Gasteiger partial charge >= 0.3 is 0 Å². The number of rotatable bonds is 2. The van der Waals surface area contributed by atoms with E-state index in [1.165, 1.54) is 6.07 Å². The van der Waals surface area contributed by atoms with Gasteiger partial charge in [-0.25, -0.2) is 4.39 Å². The molecule has 1 heterocycles. The Morgan fingerprint density at radius 2 is 2.24 bits per heavy atom. The smallest absolute Gasteiger partial charge is 0.130 e. The Balaban J connectivity index is 2.27. The molecule has 94 valence electrons. The van der Waals surface area contributed by atoms with Crippen molar-refractivity contribution < 1.29 is 19.3 Å². The summed E-state index contributed by atoms with van der Waals surface area (Å²) in [7, 11) is 0. The monoisotopic (exact) mass is 260 g/mol. The third-order valence-electron chi connectivity index (χ3n) is 3.03. The van der Waals surface area contributed by atoms with Crippen LogP contribution in [0.25, 0.3) is 0 Å². The summed E-state index contributed by atoms with van der Waals surface area (Å²) in [4.78, 5) is 0. The molecule has 1 aliphatic rings. The molecule has 1 fully saturated rings. The van der Waals surface area contributed by atoms with E-state index in [1.54, 1.807) is 13.0 Å². The minimum absolute atomic E-state index is 0.272. The minimum atomic E-state index is -0.764. The second-order valence-corrected chi connectivity index (χ2v) is 4.68. The highest BCUT2D eigenvalue weighted by atomic mass is 35.5. The van der Waals surface area contributed by atoms with Gasteiger partial charge in [0, 0.05) is 17.0 Å². The van der Waals surface area contributed by atoms with Gasteiger partial charge in [-0.05, 0) is 24.6 Å². The normalized spacial score (nSPS) is 28.6. The van der Waals surface area contributed by atoms with Crippen molar-refractivity contribution in [3.63, 3.8) is 0 Å². The van der Waals surface area contributed by atoms with E-state index < -0.39 is 24.1 Å². The zero-order valence-electron chi connectivity index (χ0n) is 9.36. The van der Waals surface area contributed by atoms with Crippen molar-refractivity contribution in [2.75, 3.05) is 6.61 Å². The molecule has 0 radical (unpaired) electrons. The highest BCUT2D eigenvalue weighted by Crippen LogP contribution is 2.35. The zero-order valence-corrected chi connectivity index (χ0v) is 10.1. The fraction of sp³-hybridized carbons (Fsp3) is 0.500. The summed E-state index contributed by atoms with van der Waals surface area (Å²) in [6, 6.07) is 2.86. The van der Waals surface area contributed by atoms with Crippen molar-refractivity contribution in [1.82, 2.24) is 0 Å². The van der Waals surface area contributed by atoms with E-state index >= 15 is 0 Å². The number of aliphatic hydroxyl groups excluding tert-OH is 2.